The normalized spacial score (nSPS) is 10.6. The number of aromatic amines is 1. The summed E-state index contributed by atoms with van der Waals surface area (Å²) in [6, 6.07) is 15.8. The second-order valence-electron chi connectivity index (χ2n) is 6.55. The topological polar surface area (TPSA) is 93.3 Å². The third-order valence-electron chi connectivity index (χ3n) is 4.57. The van der Waals surface area contributed by atoms with E-state index in [0.717, 1.165) is 5.56 Å². The molecule has 0 bridgehead atoms. The Hall–Kier alpha value is -4.13. The molecule has 0 spiro atoms. The number of carbonyl (C=O) groups is 1. The lowest BCUT2D eigenvalue weighted by molar-refractivity contribution is 0.102. The molecule has 2 N–H and O–H groups in total. The highest BCUT2D eigenvalue weighted by molar-refractivity contribution is 6.05. The van der Waals surface area contributed by atoms with Crippen molar-refractivity contribution in [3.8, 4) is 11.5 Å². The standard InChI is InChI=1S/C23H19N3O4/c1-29-20-9-8-16(11-21(20)30-14-15-5-4-10-24-12-15)26-23(28)18-13-25-19-7-3-2-6-17(19)22(18)27/h2-13H,14H2,1H3,(H,25,27)(H,26,28). The molecule has 150 valence electrons. The lowest BCUT2D eigenvalue weighted by Crippen LogP contribution is -2.21. The fourth-order valence-electron chi connectivity index (χ4n) is 3.05. The maximum Gasteiger partial charge on any atom is 0.261 e. The van der Waals surface area contributed by atoms with Crippen LogP contribution in [-0.2, 0) is 6.61 Å². The van der Waals surface area contributed by atoms with E-state index >= 15 is 0 Å². The van der Waals surface area contributed by atoms with Crippen LogP contribution >= 0.6 is 0 Å². The second-order valence-corrected chi connectivity index (χ2v) is 6.55. The molecule has 2 aromatic carbocycles. The van der Waals surface area contributed by atoms with E-state index in [9.17, 15) is 9.59 Å². The van der Waals surface area contributed by atoms with Gasteiger partial charge in [-0.1, -0.05) is 18.2 Å². The number of methoxy groups -OCH3 is 1. The van der Waals surface area contributed by atoms with Crippen LogP contribution in [0.2, 0.25) is 0 Å². The van der Waals surface area contributed by atoms with Crippen molar-refractivity contribution in [3.05, 3.63) is 94.5 Å². The number of carbonyl (C=O) groups excluding carboxylic acids is 1. The molecule has 0 aliphatic carbocycles. The first kappa shape index (κ1) is 19.2. The van der Waals surface area contributed by atoms with Gasteiger partial charge in [0.25, 0.3) is 5.91 Å². The summed E-state index contributed by atoms with van der Waals surface area (Å²) in [5.41, 5.74) is 1.76. The number of anilines is 1. The average molecular weight is 401 g/mol. The number of nitrogens with zero attached hydrogens (tertiary/aromatic N) is 1. The molecule has 0 saturated carbocycles. The van der Waals surface area contributed by atoms with Crippen molar-refractivity contribution in [1.82, 2.24) is 9.97 Å². The van der Waals surface area contributed by atoms with Crippen LogP contribution in [-0.4, -0.2) is 23.0 Å². The summed E-state index contributed by atoms with van der Waals surface area (Å²) < 4.78 is 11.2. The summed E-state index contributed by atoms with van der Waals surface area (Å²) in [5, 5.41) is 3.21. The van der Waals surface area contributed by atoms with Gasteiger partial charge in [0, 0.05) is 46.8 Å². The Morgan fingerprint density at radius 3 is 2.77 bits per heavy atom. The Morgan fingerprint density at radius 1 is 1.10 bits per heavy atom. The van der Waals surface area contributed by atoms with Crippen LogP contribution in [0.15, 0.2) is 78.0 Å². The Kier molecular flexibility index (Phi) is 5.43. The predicted octanol–water partition coefficient (Wildman–Crippen LogP) is 3.76. The van der Waals surface area contributed by atoms with Crippen LogP contribution < -0.4 is 20.2 Å². The van der Waals surface area contributed by atoms with Crippen LogP contribution in [0.5, 0.6) is 11.5 Å². The molecule has 0 unspecified atom stereocenters. The minimum absolute atomic E-state index is 0.0300. The van der Waals surface area contributed by atoms with Gasteiger partial charge in [0.2, 0.25) is 5.43 Å². The summed E-state index contributed by atoms with van der Waals surface area (Å²) in [6.07, 6.45) is 4.82. The molecule has 7 heteroatoms. The quantitative estimate of drug-likeness (QED) is 0.513. The fourth-order valence-corrected chi connectivity index (χ4v) is 3.05. The molecule has 0 aliphatic rings. The number of aromatic nitrogens is 2. The number of para-hydroxylation sites is 1. The lowest BCUT2D eigenvalue weighted by Gasteiger charge is -2.13. The van der Waals surface area contributed by atoms with Crippen molar-refractivity contribution in [1.29, 1.82) is 0 Å². The largest absolute Gasteiger partial charge is 0.493 e. The first-order chi connectivity index (χ1) is 14.7. The van der Waals surface area contributed by atoms with Gasteiger partial charge in [0.05, 0.1) is 7.11 Å². The summed E-state index contributed by atoms with van der Waals surface area (Å²) in [6.45, 7) is 0.298. The van der Waals surface area contributed by atoms with E-state index in [2.05, 4.69) is 15.3 Å². The van der Waals surface area contributed by atoms with Crippen LogP contribution in [0, 0.1) is 0 Å². The third kappa shape index (κ3) is 4.00. The second kappa shape index (κ2) is 8.48. The molecule has 4 rings (SSSR count). The average Bonchev–Trinajstić information content (AvgIpc) is 2.79. The third-order valence-corrected chi connectivity index (χ3v) is 4.57. The SMILES string of the molecule is COc1ccc(NC(=O)c2c[nH]c3ccccc3c2=O)cc1OCc1cccnc1. The molecule has 7 nitrogen and oxygen atoms in total. The van der Waals surface area contributed by atoms with Gasteiger partial charge in [0.1, 0.15) is 12.2 Å². The number of pyridine rings is 2. The highest BCUT2D eigenvalue weighted by atomic mass is 16.5. The van der Waals surface area contributed by atoms with Crippen molar-refractivity contribution in [2.45, 2.75) is 6.61 Å². The van der Waals surface area contributed by atoms with Gasteiger partial charge in [-0.2, -0.15) is 0 Å². The highest BCUT2D eigenvalue weighted by Gasteiger charge is 2.14. The van der Waals surface area contributed by atoms with Crippen molar-refractivity contribution in [3.63, 3.8) is 0 Å². The number of ether oxygens (including phenoxy) is 2. The molecule has 0 radical (unpaired) electrons. The molecular weight excluding hydrogens is 382 g/mol. The fraction of sp³-hybridized carbons (Fsp3) is 0.0870. The van der Waals surface area contributed by atoms with E-state index in [4.69, 9.17) is 9.47 Å². The molecule has 2 heterocycles. The molecule has 4 aromatic rings. The zero-order chi connectivity index (χ0) is 20.9. The summed E-state index contributed by atoms with van der Waals surface area (Å²) in [5.74, 6) is 0.484. The van der Waals surface area contributed by atoms with Gasteiger partial charge in [-0.15, -0.1) is 0 Å². The molecule has 0 atom stereocenters. The first-order valence-corrected chi connectivity index (χ1v) is 9.27. The Balaban J connectivity index is 1.56. The first-order valence-electron chi connectivity index (χ1n) is 9.27. The van der Waals surface area contributed by atoms with Crippen molar-refractivity contribution < 1.29 is 14.3 Å². The predicted molar refractivity (Wildman–Crippen MR) is 114 cm³/mol. The van der Waals surface area contributed by atoms with E-state index in [1.54, 1.807) is 55.9 Å². The molecule has 0 aliphatic heterocycles. The number of hydrogen-bond donors (Lipinski definition) is 2. The maximum atomic E-state index is 12.7. The smallest absolute Gasteiger partial charge is 0.261 e. The van der Waals surface area contributed by atoms with E-state index in [0.29, 0.717) is 34.7 Å². The van der Waals surface area contributed by atoms with Gasteiger partial charge in [-0.25, -0.2) is 0 Å². The zero-order valence-corrected chi connectivity index (χ0v) is 16.2. The summed E-state index contributed by atoms with van der Waals surface area (Å²) in [7, 11) is 1.54. The van der Waals surface area contributed by atoms with E-state index < -0.39 is 5.91 Å². The number of rotatable bonds is 6. The Bertz CT molecular complexity index is 1250. The number of H-pyrrole nitrogens is 1. The van der Waals surface area contributed by atoms with Crippen LogP contribution in [0.25, 0.3) is 10.9 Å². The Morgan fingerprint density at radius 2 is 1.97 bits per heavy atom. The van der Waals surface area contributed by atoms with Crippen LogP contribution in [0.4, 0.5) is 5.69 Å². The van der Waals surface area contributed by atoms with Crippen molar-refractivity contribution >= 4 is 22.5 Å². The zero-order valence-electron chi connectivity index (χ0n) is 16.2. The molecule has 2 aromatic heterocycles. The monoisotopic (exact) mass is 401 g/mol. The number of hydrogen-bond acceptors (Lipinski definition) is 5. The lowest BCUT2D eigenvalue weighted by atomic mass is 10.1. The van der Waals surface area contributed by atoms with Crippen molar-refractivity contribution in [2.75, 3.05) is 12.4 Å². The molecule has 1 amide bonds. The van der Waals surface area contributed by atoms with Crippen LogP contribution in [0.3, 0.4) is 0 Å². The number of benzene rings is 2. The molecular formula is C23H19N3O4. The summed E-state index contributed by atoms with van der Waals surface area (Å²) >= 11 is 0. The number of amides is 1. The number of fused-ring (bicyclic) bond motifs is 1. The van der Waals surface area contributed by atoms with Crippen molar-refractivity contribution in [2.24, 2.45) is 0 Å². The van der Waals surface area contributed by atoms with Gasteiger partial charge in [-0.05, 0) is 30.3 Å². The Labute approximate surface area is 172 Å². The highest BCUT2D eigenvalue weighted by Crippen LogP contribution is 2.31. The van der Waals surface area contributed by atoms with E-state index in [1.165, 1.54) is 6.20 Å². The van der Waals surface area contributed by atoms with Gasteiger partial charge in [0.15, 0.2) is 11.5 Å². The maximum absolute atomic E-state index is 12.7. The molecule has 0 fully saturated rings. The van der Waals surface area contributed by atoms with E-state index in [-0.39, 0.29) is 11.0 Å². The minimum Gasteiger partial charge on any atom is -0.493 e. The summed E-state index contributed by atoms with van der Waals surface area (Å²) in [4.78, 5) is 32.4. The molecule has 0 saturated heterocycles. The van der Waals surface area contributed by atoms with Gasteiger partial charge >= 0.3 is 0 Å². The number of nitrogens with one attached hydrogen (secondary N) is 2. The minimum atomic E-state index is -0.509. The van der Waals surface area contributed by atoms with Gasteiger partial charge < -0.3 is 19.8 Å². The van der Waals surface area contributed by atoms with Gasteiger partial charge in [-0.3, -0.25) is 14.6 Å². The van der Waals surface area contributed by atoms with Crippen LogP contribution in [0.1, 0.15) is 15.9 Å². The van der Waals surface area contributed by atoms with E-state index in [1.807, 2.05) is 18.2 Å². The molecule has 30 heavy (non-hydrogen) atoms.